The van der Waals surface area contributed by atoms with Gasteiger partial charge in [0.1, 0.15) is 11.6 Å². The van der Waals surface area contributed by atoms with E-state index in [2.05, 4.69) is 25.5 Å². The Labute approximate surface area is 160 Å². The van der Waals surface area contributed by atoms with Crippen molar-refractivity contribution in [2.24, 2.45) is 0 Å². The maximum absolute atomic E-state index is 5.29. The Balaban J connectivity index is 1.88. The van der Waals surface area contributed by atoms with Crippen molar-refractivity contribution in [3.8, 4) is 17.0 Å². The summed E-state index contributed by atoms with van der Waals surface area (Å²) < 4.78 is 5.29. The summed E-state index contributed by atoms with van der Waals surface area (Å²) in [5, 5.41) is 6.65. The van der Waals surface area contributed by atoms with Crippen LogP contribution in [0.1, 0.15) is 0 Å². The molecule has 0 saturated heterocycles. The molecule has 1 aromatic heterocycles. The van der Waals surface area contributed by atoms with Crippen LogP contribution in [0.2, 0.25) is 0 Å². The van der Waals surface area contributed by atoms with Crippen molar-refractivity contribution < 1.29 is 4.74 Å². The first kappa shape index (κ1) is 18.7. The molecule has 0 unspecified atom stereocenters. The molecule has 6 nitrogen and oxygen atoms in total. The van der Waals surface area contributed by atoms with Gasteiger partial charge in [0.2, 0.25) is 5.95 Å². The van der Waals surface area contributed by atoms with Crippen molar-refractivity contribution >= 4 is 17.5 Å². The van der Waals surface area contributed by atoms with E-state index in [1.165, 1.54) is 0 Å². The molecule has 3 rings (SSSR count). The fourth-order valence-corrected chi connectivity index (χ4v) is 2.59. The molecule has 140 valence electrons. The van der Waals surface area contributed by atoms with Crippen LogP contribution in [0.3, 0.4) is 0 Å². The maximum Gasteiger partial charge on any atom is 0.229 e. The number of nitrogens with zero attached hydrogens (tertiary/aromatic N) is 3. The van der Waals surface area contributed by atoms with Gasteiger partial charge in [-0.25, -0.2) is 4.98 Å². The number of hydrogen-bond donors (Lipinski definition) is 2. The van der Waals surface area contributed by atoms with Crippen LogP contribution < -0.4 is 15.4 Å². The third-order valence-corrected chi connectivity index (χ3v) is 3.99. The van der Waals surface area contributed by atoms with Gasteiger partial charge in [-0.1, -0.05) is 36.4 Å². The Bertz CT molecular complexity index is 867. The third-order valence-electron chi connectivity index (χ3n) is 3.99. The zero-order valence-corrected chi connectivity index (χ0v) is 15.9. The molecule has 2 N–H and O–H groups in total. The summed E-state index contributed by atoms with van der Waals surface area (Å²) in [6.45, 7) is 1.72. The van der Waals surface area contributed by atoms with Gasteiger partial charge in [0.25, 0.3) is 0 Å². The molecule has 0 atom stereocenters. The highest BCUT2D eigenvalue weighted by molar-refractivity contribution is 5.66. The molecule has 2 aromatic carbocycles. The zero-order valence-electron chi connectivity index (χ0n) is 15.9. The van der Waals surface area contributed by atoms with Gasteiger partial charge in [0.15, 0.2) is 0 Å². The Kier molecular flexibility index (Phi) is 6.22. The van der Waals surface area contributed by atoms with Gasteiger partial charge in [0.05, 0.1) is 12.8 Å². The van der Waals surface area contributed by atoms with E-state index in [0.29, 0.717) is 5.95 Å². The molecule has 0 aliphatic heterocycles. The van der Waals surface area contributed by atoms with E-state index in [1.807, 2.05) is 74.8 Å². The topological polar surface area (TPSA) is 62.3 Å². The molecule has 0 saturated carbocycles. The lowest BCUT2D eigenvalue weighted by molar-refractivity contribution is 0.415. The lowest BCUT2D eigenvalue weighted by Gasteiger charge is -2.14. The minimum absolute atomic E-state index is 0.539. The third kappa shape index (κ3) is 5.43. The van der Waals surface area contributed by atoms with Crippen LogP contribution in [-0.2, 0) is 0 Å². The highest BCUT2D eigenvalue weighted by atomic mass is 16.5. The molecule has 0 amide bonds. The van der Waals surface area contributed by atoms with Crippen molar-refractivity contribution in [1.29, 1.82) is 0 Å². The molecule has 27 heavy (non-hydrogen) atoms. The number of anilines is 3. The van der Waals surface area contributed by atoms with Gasteiger partial charge in [-0.15, -0.1) is 0 Å². The Morgan fingerprint density at radius 2 is 1.78 bits per heavy atom. The first-order chi connectivity index (χ1) is 13.1. The van der Waals surface area contributed by atoms with E-state index in [1.54, 1.807) is 7.11 Å². The van der Waals surface area contributed by atoms with E-state index in [0.717, 1.165) is 41.6 Å². The summed E-state index contributed by atoms with van der Waals surface area (Å²) in [7, 11) is 5.75. The minimum Gasteiger partial charge on any atom is -0.497 e. The fourth-order valence-electron chi connectivity index (χ4n) is 2.59. The van der Waals surface area contributed by atoms with Crippen molar-refractivity contribution in [2.75, 3.05) is 44.9 Å². The van der Waals surface area contributed by atoms with Crippen molar-refractivity contribution in [3.05, 3.63) is 60.7 Å². The number of rotatable bonds is 8. The van der Waals surface area contributed by atoms with Crippen LogP contribution in [0, 0.1) is 0 Å². The molecule has 1 heterocycles. The van der Waals surface area contributed by atoms with Crippen LogP contribution in [-0.4, -0.2) is 49.2 Å². The number of methoxy groups -OCH3 is 1. The van der Waals surface area contributed by atoms with E-state index in [9.17, 15) is 0 Å². The van der Waals surface area contributed by atoms with Gasteiger partial charge in [-0.3, -0.25) is 0 Å². The molecule has 3 aromatic rings. The van der Waals surface area contributed by atoms with Gasteiger partial charge < -0.3 is 20.3 Å². The first-order valence-corrected chi connectivity index (χ1v) is 8.88. The van der Waals surface area contributed by atoms with E-state index < -0.39 is 0 Å². The molecule has 6 heteroatoms. The molecular weight excluding hydrogens is 338 g/mol. The number of hydrogen-bond acceptors (Lipinski definition) is 6. The van der Waals surface area contributed by atoms with Gasteiger partial charge in [0, 0.05) is 36.5 Å². The van der Waals surface area contributed by atoms with Gasteiger partial charge in [-0.05, 0) is 26.2 Å². The van der Waals surface area contributed by atoms with E-state index in [-0.39, 0.29) is 0 Å². The van der Waals surface area contributed by atoms with Crippen LogP contribution in [0.25, 0.3) is 11.3 Å². The highest BCUT2D eigenvalue weighted by Crippen LogP contribution is 2.24. The zero-order chi connectivity index (χ0) is 19.1. The quantitative estimate of drug-likeness (QED) is 0.633. The van der Waals surface area contributed by atoms with Gasteiger partial charge >= 0.3 is 0 Å². The second-order valence-electron chi connectivity index (χ2n) is 6.42. The minimum atomic E-state index is 0.539. The summed E-state index contributed by atoms with van der Waals surface area (Å²) >= 11 is 0. The summed E-state index contributed by atoms with van der Waals surface area (Å²) in [6.07, 6.45) is 0. The van der Waals surface area contributed by atoms with Crippen molar-refractivity contribution in [1.82, 2.24) is 14.9 Å². The summed E-state index contributed by atoms with van der Waals surface area (Å²) in [4.78, 5) is 11.4. The summed E-state index contributed by atoms with van der Waals surface area (Å²) in [5.74, 6) is 2.11. The van der Waals surface area contributed by atoms with Gasteiger partial charge in [-0.2, -0.15) is 4.98 Å². The number of ether oxygens (including phenoxy) is 1. The fraction of sp³-hybridized carbons (Fsp3) is 0.238. The second-order valence-corrected chi connectivity index (χ2v) is 6.42. The predicted molar refractivity (Wildman–Crippen MR) is 111 cm³/mol. The smallest absolute Gasteiger partial charge is 0.229 e. The number of likely N-dealkylation sites (N-methyl/N-ethyl adjacent to an activating group) is 1. The molecule has 0 aliphatic rings. The lowest BCUT2D eigenvalue weighted by Crippen LogP contribution is -2.21. The van der Waals surface area contributed by atoms with Crippen LogP contribution in [0.5, 0.6) is 5.75 Å². The predicted octanol–water partition coefficient (Wildman–Crippen LogP) is 3.87. The van der Waals surface area contributed by atoms with Crippen LogP contribution in [0.15, 0.2) is 60.7 Å². The number of nitrogens with one attached hydrogen (secondary N) is 2. The molecule has 0 spiro atoms. The van der Waals surface area contributed by atoms with Crippen molar-refractivity contribution in [3.63, 3.8) is 0 Å². The SMILES string of the molecule is COc1cccc(Nc2nc(NCCN(C)C)cc(-c3ccccc3)n2)c1. The number of benzene rings is 2. The molecule has 0 fully saturated rings. The molecule has 0 bridgehead atoms. The second kappa shape index (κ2) is 9.00. The monoisotopic (exact) mass is 363 g/mol. The number of aromatic nitrogens is 2. The van der Waals surface area contributed by atoms with E-state index in [4.69, 9.17) is 4.74 Å². The molecule has 0 aliphatic carbocycles. The average molecular weight is 363 g/mol. The summed E-state index contributed by atoms with van der Waals surface area (Å²) in [6, 6.07) is 19.8. The highest BCUT2D eigenvalue weighted by Gasteiger charge is 2.08. The van der Waals surface area contributed by atoms with E-state index >= 15 is 0 Å². The lowest BCUT2D eigenvalue weighted by atomic mass is 10.1. The van der Waals surface area contributed by atoms with Crippen LogP contribution >= 0.6 is 0 Å². The summed E-state index contributed by atoms with van der Waals surface area (Å²) in [5.41, 5.74) is 2.78. The Morgan fingerprint density at radius 3 is 2.52 bits per heavy atom. The largest absolute Gasteiger partial charge is 0.497 e. The first-order valence-electron chi connectivity index (χ1n) is 8.88. The molecule has 0 radical (unpaired) electrons. The average Bonchev–Trinajstić information content (AvgIpc) is 2.68. The van der Waals surface area contributed by atoms with Crippen molar-refractivity contribution in [2.45, 2.75) is 0 Å². The molecular formula is C21H25N5O. The maximum atomic E-state index is 5.29. The Morgan fingerprint density at radius 1 is 0.963 bits per heavy atom. The van der Waals surface area contributed by atoms with Crippen LogP contribution in [0.4, 0.5) is 17.5 Å². The Hall–Kier alpha value is -3.12. The normalized spacial score (nSPS) is 10.7. The standard InChI is InChI=1S/C21H25N5O/c1-26(2)13-12-22-20-15-19(16-8-5-4-6-9-16)24-21(25-20)23-17-10-7-11-18(14-17)27-3/h4-11,14-15H,12-13H2,1-3H3,(H2,22,23,24,25).